The van der Waals surface area contributed by atoms with E-state index in [-0.39, 0.29) is 17.5 Å². The standard InChI is InChI=1S/C10H13FN2OS/c1-13(2)10(14)6-15-9-5-7(11)3-4-8(9)12/h3-5H,6,12H2,1-2H3. The molecular weight excluding hydrogens is 215 g/mol. The van der Waals surface area contributed by atoms with E-state index in [4.69, 9.17) is 5.73 Å². The Morgan fingerprint density at radius 2 is 2.20 bits per heavy atom. The van der Waals surface area contributed by atoms with Gasteiger partial charge in [0.1, 0.15) is 5.82 Å². The SMILES string of the molecule is CN(C)C(=O)CSc1cc(F)ccc1N. The summed E-state index contributed by atoms with van der Waals surface area (Å²) in [7, 11) is 3.36. The van der Waals surface area contributed by atoms with Crippen molar-refractivity contribution in [3.8, 4) is 0 Å². The van der Waals surface area contributed by atoms with Crippen molar-refractivity contribution in [1.82, 2.24) is 4.90 Å². The Morgan fingerprint density at radius 3 is 2.80 bits per heavy atom. The van der Waals surface area contributed by atoms with Crippen molar-refractivity contribution in [3.63, 3.8) is 0 Å². The molecule has 0 aromatic heterocycles. The van der Waals surface area contributed by atoms with Crippen molar-refractivity contribution >= 4 is 23.4 Å². The second-order valence-electron chi connectivity index (χ2n) is 3.26. The van der Waals surface area contributed by atoms with E-state index in [0.717, 1.165) is 0 Å². The summed E-state index contributed by atoms with van der Waals surface area (Å²) in [6.45, 7) is 0. The molecule has 1 amide bonds. The summed E-state index contributed by atoms with van der Waals surface area (Å²) in [5.41, 5.74) is 6.13. The largest absolute Gasteiger partial charge is 0.398 e. The predicted octanol–water partition coefficient (Wildman–Crippen LogP) is 1.59. The summed E-state index contributed by atoms with van der Waals surface area (Å²) in [6, 6.07) is 4.13. The van der Waals surface area contributed by atoms with Crippen molar-refractivity contribution in [3.05, 3.63) is 24.0 Å². The van der Waals surface area contributed by atoms with Gasteiger partial charge in [-0.15, -0.1) is 11.8 Å². The molecule has 0 aliphatic rings. The van der Waals surface area contributed by atoms with Gasteiger partial charge < -0.3 is 10.6 Å². The number of hydrogen-bond donors (Lipinski definition) is 1. The quantitative estimate of drug-likeness (QED) is 0.631. The molecule has 0 saturated heterocycles. The van der Waals surface area contributed by atoms with Crippen LogP contribution in [-0.2, 0) is 4.79 Å². The van der Waals surface area contributed by atoms with Crippen molar-refractivity contribution in [2.24, 2.45) is 0 Å². The van der Waals surface area contributed by atoms with Gasteiger partial charge >= 0.3 is 0 Å². The van der Waals surface area contributed by atoms with Crippen LogP contribution in [0.15, 0.2) is 23.1 Å². The third kappa shape index (κ3) is 3.43. The minimum absolute atomic E-state index is 0.0244. The second-order valence-corrected chi connectivity index (χ2v) is 4.28. The average molecular weight is 228 g/mol. The van der Waals surface area contributed by atoms with Gasteiger partial charge in [-0.1, -0.05) is 0 Å². The number of carbonyl (C=O) groups excluding carboxylic acids is 1. The number of nitrogens with zero attached hydrogens (tertiary/aromatic N) is 1. The number of carbonyl (C=O) groups is 1. The van der Waals surface area contributed by atoms with E-state index in [1.807, 2.05) is 0 Å². The molecular formula is C10H13FN2OS. The molecule has 5 heteroatoms. The lowest BCUT2D eigenvalue weighted by atomic mass is 10.3. The Labute approximate surface area is 92.4 Å². The molecule has 82 valence electrons. The van der Waals surface area contributed by atoms with Gasteiger partial charge in [-0.3, -0.25) is 4.79 Å². The van der Waals surface area contributed by atoms with E-state index in [0.29, 0.717) is 10.6 Å². The molecule has 0 saturated carbocycles. The summed E-state index contributed by atoms with van der Waals surface area (Å²) in [6.07, 6.45) is 0. The van der Waals surface area contributed by atoms with Crippen LogP contribution in [0, 0.1) is 5.82 Å². The summed E-state index contributed by atoms with van der Waals surface area (Å²) in [5.74, 6) is -0.103. The molecule has 0 spiro atoms. The highest BCUT2D eigenvalue weighted by Crippen LogP contribution is 2.25. The monoisotopic (exact) mass is 228 g/mol. The number of benzene rings is 1. The van der Waals surface area contributed by atoms with E-state index in [2.05, 4.69) is 0 Å². The molecule has 1 rings (SSSR count). The molecule has 0 atom stereocenters. The van der Waals surface area contributed by atoms with Crippen LogP contribution < -0.4 is 5.73 Å². The van der Waals surface area contributed by atoms with Gasteiger partial charge in [0.25, 0.3) is 0 Å². The van der Waals surface area contributed by atoms with Gasteiger partial charge in [0, 0.05) is 24.7 Å². The van der Waals surface area contributed by atoms with Crippen LogP contribution in [0.5, 0.6) is 0 Å². The molecule has 0 heterocycles. The molecule has 0 unspecified atom stereocenters. The zero-order valence-electron chi connectivity index (χ0n) is 8.66. The molecule has 3 nitrogen and oxygen atoms in total. The molecule has 0 bridgehead atoms. The summed E-state index contributed by atoms with van der Waals surface area (Å²) in [4.78, 5) is 13.4. The van der Waals surface area contributed by atoms with Crippen molar-refractivity contribution in [2.45, 2.75) is 4.90 Å². The predicted molar refractivity (Wildman–Crippen MR) is 60.2 cm³/mol. The summed E-state index contributed by atoms with van der Waals surface area (Å²) >= 11 is 1.24. The molecule has 0 radical (unpaired) electrons. The molecule has 1 aromatic carbocycles. The number of nitrogen functional groups attached to an aromatic ring is 1. The fourth-order valence-electron chi connectivity index (χ4n) is 0.902. The van der Waals surface area contributed by atoms with E-state index < -0.39 is 0 Å². The normalized spacial score (nSPS) is 10.1. The van der Waals surface area contributed by atoms with Crippen LogP contribution in [0.1, 0.15) is 0 Å². The third-order valence-corrected chi connectivity index (χ3v) is 2.88. The smallest absolute Gasteiger partial charge is 0.232 e. The second kappa shape index (κ2) is 5.02. The Hall–Kier alpha value is -1.23. The number of rotatable bonds is 3. The maximum absolute atomic E-state index is 12.9. The highest BCUT2D eigenvalue weighted by molar-refractivity contribution is 8.00. The maximum atomic E-state index is 12.9. The van der Waals surface area contributed by atoms with Crippen LogP contribution in [0.2, 0.25) is 0 Å². The number of hydrogen-bond acceptors (Lipinski definition) is 3. The topological polar surface area (TPSA) is 46.3 Å². The molecule has 2 N–H and O–H groups in total. The lowest BCUT2D eigenvalue weighted by molar-refractivity contribution is -0.125. The van der Waals surface area contributed by atoms with Gasteiger partial charge in [-0.25, -0.2) is 4.39 Å². The van der Waals surface area contributed by atoms with Gasteiger partial charge in [0.2, 0.25) is 5.91 Å². The molecule has 15 heavy (non-hydrogen) atoms. The van der Waals surface area contributed by atoms with Gasteiger partial charge in [0.15, 0.2) is 0 Å². The lowest BCUT2D eigenvalue weighted by Crippen LogP contribution is -2.23. The molecule has 0 fully saturated rings. The van der Waals surface area contributed by atoms with Crippen LogP contribution >= 0.6 is 11.8 Å². The number of halogens is 1. The molecule has 0 aliphatic heterocycles. The Kier molecular flexibility index (Phi) is 3.96. The Bertz CT molecular complexity index is 368. The number of thioether (sulfide) groups is 1. The van der Waals surface area contributed by atoms with Crippen LogP contribution in [0.4, 0.5) is 10.1 Å². The first-order valence-corrected chi connectivity index (χ1v) is 5.37. The van der Waals surface area contributed by atoms with Gasteiger partial charge in [-0.2, -0.15) is 0 Å². The Balaban J connectivity index is 2.65. The van der Waals surface area contributed by atoms with E-state index in [1.54, 1.807) is 14.1 Å². The van der Waals surface area contributed by atoms with Crippen LogP contribution in [-0.4, -0.2) is 30.7 Å². The zero-order valence-corrected chi connectivity index (χ0v) is 9.47. The number of amides is 1. The van der Waals surface area contributed by atoms with E-state index >= 15 is 0 Å². The zero-order chi connectivity index (χ0) is 11.4. The first-order chi connectivity index (χ1) is 7.00. The summed E-state index contributed by atoms with van der Waals surface area (Å²) in [5, 5.41) is 0. The van der Waals surface area contributed by atoms with E-state index in [1.165, 1.54) is 34.9 Å². The van der Waals surface area contributed by atoms with E-state index in [9.17, 15) is 9.18 Å². The number of anilines is 1. The minimum Gasteiger partial charge on any atom is -0.398 e. The first-order valence-electron chi connectivity index (χ1n) is 4.38. The van der Waals surface area contributed by atoms with Gasteiger partial charge in [0.05, 0.1) is 5.75 Å². The fraction of sp³-hybridized carbons (Fsp3) is 0.300. The highest BCUT2D eigenvalue weighted by atomic mass is 32.2. The highest BCUT2D eigenvalue weighted by Gasteiger charge is 2.07. The van der Waals surface area contributed by atoms with Crippen molar-refractivity contribution < 1.29 is 9.18 Å². The third-order valence-electron chi connectivity index (χ3n) is 1.83. The molecule has 1 aromatic rings. The minimum atomic E-state index is -0.344. The Morgan fingerprint density at radius 1 is 1.53 bits per heavy atom. The van der Waals surface area contributed by atoms with Crippen molar-refractivity contribution in [2.75, 3.05) is 25.6 Å². The maximum Gasteiger partial charge on any atom is 0.232 e. The number of nitrogens with two attached hydrogens (primary N) is 1. The lowest BCUT2D eigenvalue weighted by Gasteiger charge is -2.10. The summed E-state index contributed by atoms with van der Waals surface area (Å²) < 4.78 is 12.9. The van der Waals surface area contributed by atoms with Gasteiger partial charge in [-0.05, 0) is 18.2 Å². The van der Waals surface area contributed by atoms with Crippen molar-refractivity contribution in [1.29, 1.82) is 0 Å². The first kappa shape index (κ1) is 11.8. The van der Waals surface area contributed by atoms with Crippen LogP contribution in [0.3, 0.4) is 0 Å². The van der Waals surface area contributed by atoms with Crippen LogP contribution in [0.25, 0.3) is 0 Å². The fourth-order valence-corrected chi connectivity index (χ4v) is 1.87. The average Bonchev–Trinajstić information content (AvgIpc) is 2.18. The molecule has 0 aliphatic carbocycles.